The zero-order chi connectivity index (χ0) is 24.8. The fourth-order valence-corrected chi connectivity index (χ4v) is 4.64. The van der Waals surface area contributed by atoms with Gasteiger partial charge in [-0.1, -0.05) is 63.1 Å². The summed E-state index contributed by atoms with van der Waals surface area (Å²) in [6, 6.07) is 18.2. The first-order valence-electron chi connectivity index (χ1n) is 12.3. The number of hydrogen-bond donors (Lipinski definition) is 1. The van der Waals surface area contributed by atoms with Crippen molar-refractivity contribution in [3.8, 4) is 5.75 Å². The fraction of sp³-hybridized carbons (Fsp3) is 0.379. The van der Waals surface area contributed by atoms with Crippen molar-refractivity contribution in [1.82, 2.24) is 10.2 Å². The minimum atomic E-state index is -0.795. The predicted molar refractivity (Wildman–Crippen MR) is 135 cm³/mol. The number of carbonyl (C=O) groups is 2. The Hall–Kier alpha value is -3.54. The zero-order valence-corrected chi connectivity index (χ0v) is 20.7. The number of furan rings is 1. The molecule has 1 N–H and O–H groups in total. The number of nitrogens with one attached hydrogen (secondary N) is 1. The van der Waals surface area contributed by atoms with Crippen LogP contribution in [0.5, 0.6) is 5.75 Å². The number of nitrogens with zero attached hydrogens (tertiary/aromatic N) is 1. The molecule has 0 spiro atoms. The number of benzene rings is 2. The molecule has 1 heterocycles. The molecule has 0 radical (unpaired) electrons. The van der Waals surface area contributed by atoms with Crippen molar-refractivity contribution in [3.05, 3.63) is 89.4 Å². The Bertz CT molecular complexity index is 1100. The molecule has 184 valence electrons. The predicted octanol–water partition coefficient (Wildman–Crippen LogP) is 5.85. The Morgan fingerprint density at radius 1 is 1.00 bits per heavy atom. The van der Waals surface area contributed by atoms with Crippen LogP contribution in [0.1, 0.15) is 78.7 Å². The van der Waals surface area contributed by atoms with Crippen LogP contribution in [0.4, 0.5) is 0 Å². The lowest BCUT2D eigenvalue weighted by Crippen LogP contribution is -2.45. The van der Waals surface area contributed by atoms with Crippen molar-refractivity contribution in [2.24, 2.45) is 0 Å². The molecule has 6 heteroatoms. The van der Waals surface area contributed by atoms with E-state index >= 15 is 0 Å². The maximum Gasteiger partial charge on any atom is 0.290 e. The molecule has 1 saturated carbocycles. The molecule has 0 aliphatic heterocycles. The maximum atomic E-state index is 13.8. The summed E-state index contributed by atoms with van der Waals surface area (Å²) in [5.41, 5.74) is 2.85. The monoisotopic (exact) mass is 474 g/mol. The molecule has 1 aliphatic rings. The van der Waals surface area contributed by atoms with Gasteiger partial charge in [-0.15, -0.1) is 0 Å². The highest BCUT2D eigenvalue weighted by molar-refractivity contribution is 5.96. The van der Waals surface area contributed by atoms with Gasteiger partial charge in [-0.3, -0.25) is 9.59 Å². The number of rotatable bonds is 9. The van der Waals surface area contributed by atoms with E-state index in [1.807, 2.05) is 48.5 Å². The van der Waals surface area contributed by atoms with Gasteiger partial charge in [-0.05, 0) is 59.7 Å². The Morgan fingerprint density at radius 2 is 1.66 bits per heavy atom. The molecule has 0 unspecified atom stereocenters. The van der Waals surface area contributed by atoms with E-state index in [1.54, 1.807) is 24.1 Å². The van der Waals surface area contributed by atoms with Crippen molar-refractivity contribution in [3.63, 3.8) is 0 Å². The van der Waals surface area contributed by atoms with Crippen LogP contribution in [-0.4, -0.2) is 29.9 Å². The topological polar surface area (TPSA) is 71.8 Å². The smallest absolute Gasteiger partial charge is 0.290 e. The molecular formula is C29H34N2O4. The summed E-state index contributed by atoms with van der Waals surface area (Å²) in [6.45, 7) is 4.52. The first-order chi connectivity index (χ1) is 17.0. The van der Waals surface area contributed by atoms with E-state index in [2.05, 4.69) is 19.2 Å². The van der Waals surface area contributed by atoms with Crippen LogP contribution < -0.4 is 10.1 Å². The maximum absolute atomic E-state index is 13.8. The summed E-state index contributed by atoms with van der Waals surface area (Å²) in [4.78, 5) is 29.1. The fourth-order valence-electron chi connectivity index (χ4n) is 4.64. The van der Waals surface area contributed by atoms with Gasteiger partial charge in [0, 0.05) is 12.6 Å². The Balaban J connectivity index is 1.73. The number of ether oxygens (including phenoxy) is 1. The Labute approximate surface area is 207 Å². The highest BCUT2D eigenvalue weighted by Crippen LogP contribution is 2.29. The number of methoxy groups -OCH3 is 1. The van der Waals surface area contributed by atoms with Crippen molar-refractivity contribution in [2.45, 2.75) is 64.1 Å². The van der Waals surface area contributed by atoms with E-state index < -0.39 is 6.04 Å². The summed E-state index contributed by atoms with van der Waals surface area (Å²) in [5.74, 6) is 0.816. The van der Waals surface area contributed by atoms with Gasteiger partial charge in [0.1, 0.15) is 11.8 Å². The van der Waals surface area contributed by atoms with Crippen LogP contribution in [-0.2, 0) is 11.3 Å². The lowest BCUT2D eigenvalue weighted by atomic mass is 9.97. The number of hydrogen-bond acceptors (Lipinski definition) is 4. The van der Waals surface area contributed by atoms with Gasteiger partial charge >= 0.3 is 0 Å². The third-order valence-corrected chi connectivity index (χ3v) is 6.69. The second-order valence-electron chi connectivity index (χ2n) is 9.47. The molecular weight excluding hydrogens is 440 g/mol. The van der Waals surface area contributed by atoms with Crippen molar-refractivity contribution in [1.29, 1.82) is 0 Å². The molecule has 35 heavy (non-hydrogen) atoms. The summed E-state index contributed by atoms with van der Waals surface area (Å²) >= 11 is 0. The first-order valence-corrected chi connectivity index (χ1v) is 12.3. The third-order valence-electron chi connectivity index (χ3n) is 6.69. The molecule has 0 saturated heterocycles. The van der Waals surface area contributed by atoms with Gasteiger partial charge in [0.05, 0.1) is 13.4 Å². The molecule has 1 atom stereocenters. The van der Waals surface area contributed by atoms with E-state index in [-0.39, 0.29) is 30.2 Å². The van der Waals surface area contributed by atoms with Gasteiger partial charge < -0.3 is 19.4 Å². The molecule has 4 rings (SSSR count). The quantitative estimate of drug-likeness (QED) is 0.422. The number of amides is 2. The molecule has 2 aromatic carbocycles. The average Bonchev–Trinajstić information content (AvgIpc) is 3.59. The molecule has 6 nitrogen and oxygen atoms in total. The van der Waals surface area contributed by atoms with Gasteiger partial charge in [-0.25, -0.2) is 0 Å². The minimum Gasteiger partial charge on any atom is -0.497 e. The van der Waals surface area contributed by atoms with Crippen LogP contribution in [0.3, 0.4) is 0 Å². The second-order valence-corrected chi connectivity index (χ2v) is 9.47. The highest BCUT2D eigenvalue weighted by Gasteiger charge is 2.34. The SMILES string of the molecule is COc1ccc(CN(C(=O)c2ccco2)[C@@H](C(=O)NC2CCCC2)c2ccc(C(C)C)cc2)cc1. The molecule has 2 amide bonds. The normalized spacial score (nSPS) is 14.6. The molecule has 1 fully saturated rings. The Morgan fingerprint density at radius 3 is 2.23 bits per heavy atom. The second kappa shape index (κ2) is 11.3. The standard InChI is InChI=1S/C29H34N2O4/c1-20(2)22-12-14-23(15-13-22)27(28(32)30-24-7-4-5-8-24)31(29(33)26-9-6-18-35-26)19-21-10-16-25(34-3)17-11-21/h6,9-18,20,24,27H,4-5,7-8,19H2,1-3H3,(H,30,32)/t27-/m1/s1. The highest BCUT2D eigenvalue weighted by atomic mass is 16.5. The van der Waals surface area contributed by atoms with E-state index in [0.29, 0.717) is 5.92 Å². The van der Waals surface area contributed by atoms with Crippen LogP contribution in [0, 0.1) is 0 Å². The largest absolute Gasteiger partial charge is 0.497 e. The molecule has 1 aliphatic carbocycles. The summed E-state index contributed by atoms with van der Waals surface area (Å²) < 4.78 is 10.7. The summed E-state index contributed by atoms with van der Waals surface area (Å²) in [6.07, 6.45) is 5.63. The van der Waals surface area contributed by atoms with Crippen LogP contribution in [0.25, 0.3) is 0 Å². The summed E-state index contributed by atoms with van der Waals surface area (Å²) in [5, 5.41) is 3.22. The summed E-state index contributed by atoms with van der Waals surface area (Å²) in [7, 11) is 1.62. The van der Waals surface area contributed by atoms with Gasteiger partial charge in [0.2, 0.25) is 5.91 Å². The number of carbonyl (C=O) groups excluding carboxylic acids is 2. The molecule has 0 bridgehead atoms. The van der Waals surface area contributed by atoms with Crippen LogP contribution in [0.15, 0.2) is 71.3 Å². The van der Waals surface area contributed by atoms with Gasteiger partial charge in [-0.2, -0.15) is 0 Å². The minimum absolute atomic E-state index is 0.140. The van der Waals surface area contributed by atoms with Crippen molar-refractivity contribution < 1.29 is 18.7 Å². The lowest BCUT2D eigenvalue weighted by Gasteiger charge is -2.32. The van der Waals surface area contributed by atoms with Crippen molar-refractivity contribution >= 4 is 11.8 Å². The first kappa shape index (κ1) is 24.6. The zero-order valence-electron chi connectivity index (χ0n) is 20.7. The van der Waals surface area contributed by atoms with Gasteiger partial charge in [0.15, 0.2) is 5.76 Å². The van der Waals surface area contributed by atoms with E-state index in [0.717, 1.165) is 42.6 Å². The van der Waals surface area contributed by atoms with Gasteiger partial charge in [0.25, 0.3) is 5.91 Å². The van der Waals surface area contributed by atoms with Crippen LogP contribution >= 0.6 is 0 Å². The van der Waals surface area contributed by atoms with Crippen LogP contribution in [0.2, 0.25) is 0 Å². The average molecular weight is 475 g/mol. The van der Waals surface area contributed by atoms with E-state index in [4.69, 9.17) is 9.15 Å². The Kier molecular flexibility index (Phi) is 7.91. The lowest BCUT2D eigenvalue weighted by molar-refractivity contribution is -0.126. The van der Waals surface area contributed by atoms with Crippen molar-refractivity contribution in [2.75, 3.05) is 7.11 Å². The van der Waals surface area contributed by atoms with E-state index in [9.17, 15) is 9.59 Å². The molecule has 3 aromatic rings. The third kappa shape index (κ3) is 5.94. The van der Waals surface area contributed by atoms with E-state index in [1.165, 1.54) is 11.8 Å². The molecule has 1 aromatic heterocycles.